The minimum absolute atomic E-state index is 0.0350. The number of anilines is 1. The van der Waals surface area contributed by atoms with E-state index < -0.39 is 24.5 Å². The van der Waals surface area contributed by atoms with Crippen molar-refractivity contribution in [1.29, 1.82) is 0 Å². The molecule has 37 heavy (non-hydrogen) atoms. The number of amides is 2. The van der Waals surface area contributed by atoms with Gasteiger partial charge in [0.05, 0.1) is 13.2 Å². The first-order chi connectivity index (χ1) is 17.8. The van der Waals surface area contributed by atoms with Gasteiger partial charge in [-0.15, -0.1) is 0 Å². The van der Waals surface area contributed by atoms with Gasteiger partial charge in [0.1, 0.15) is 5.82 Å². The van der Waals surface area contributed by atoms with Crippen LogP contribution >= 0.6 is 0 Å². The maximum Gasteiger partial charge on any atom is 0.471 e. The van der Waals surface area contributed by atoms with E-state index in [0.717, 1.165) is 5.56 Å². The summed E-state index contributed by atoms with van der Waals surface area (Å²) in [5.41, 5.74) is 1.64. The second-order valence-corrected chi connectivity index (χ2v) is 7.90. The monoisotopic (exact) mass is 510 g/mol. The number of benzene rings is 2. The first-order valence-corrected chi connectivity index (χ1v) is 11.0. The van der Waals surface area contributed by atoms with E-state index in [1.807, 2.05) is 30.3 Å². The zero-order chi connectivity index (χ0) is 26.4. The number of carbonyl (C=O) groups excluding carboxylic acids is 2. The third-order valence-corrected chi connectivity index (χ3v) is 5.36. The molecular formula is C25H21F3N6O3. The van der Waals surface area contributed by atoms with Crippen LogP contribution in [0.15, 0.2) is 73.1 Å². The van der Waals surface area contributed by atoms with Gasteiger partial charge in [-0.25, -0.2) is 4.98 Å². The molecule has 0 bridgehead atoms. The molecule has 0 saturated heterocycles. The van der Waals surface area contributed by atoms with Crippen LogP contribution in [0.3, 0.4) is 0 Å². The summed E-state index contributed by atoms with van der Waals surface area (Å²) in [6.07, 6.45) is -2.30. The Bertz CT molecular complexity index is 1390. The van der Waals surface area contributed by atoms with Crippen LogP contribution in [0.25, 0.3) is 11.4 Å². The number of alkyl halides is 3. The van der Waals surface area contributed by atoms with Crippen LogP contribution in [0.4, 0.5) is 18.9 Å². The van der Waals surface area contributed by atoms with E-state index in [-0.39, 0.29) is 36.1 Å². The molecule has 4 rings (SSSR count). The summed E-state index contributed by atoms with van der Waals surface area (Å²) in [5, 5.41) is 18.7. The maximum absolute atomic E-state index is 13.5. The highest BCUT2D eigenvalue weighted by Gasteiger charge is 2.43. The molecule has 0 spiro atoms. The van der Waals surface area contributed by atoms with Gasteiger partial charge in [-0.2, -0.15) is 18.3 Å². The van der Waals surface area contributed by atoms with Crippen LogP contribution in [0.1, 0.15) is 27.3 Å². The number of rotatable bonds is 8. The highest BCUT2D eigenvalue weighted by atomic mass is 19.4. The number of aliphatic hydroxyl groups excluding tert-OH is 1. The molecule has 0 aliphatic carbocycles. The molecule has 0 fully saturated rings. The number of H-pyrrole nitrogens is 1. The van der Waals surface area contributed by atoms with Gasteiger partial charge < -0.3 is 10.4 Å². The van der Waals surface area contributed by atoms with Crippen LogP contribution in [0.2, 0.25) is 0 Å². The second kappa shape index (κ2) is 11.0. The van der Waals surface area contributed by atoms with Crippen molar-refractivity contribution in [2.45, 2.75) is 25.9 Å². The lowest BCUT2D eigenvalue weighted by molar-refractivity contribution is -0.170. The van der Waals surface area contributed by atoms with E-state index in [2.05, 4.69) is 25.5 Å². The van der Waals surface area contributed by atoms with Crippen LogP contribution in [-0.2, 0) is 24.5 Å². The summed E-state index contributed by atoms with van der Waals surface area (Å²) >= 11 is 0. The van der Waals surface area contributed by atoms with Gasteiger partial charge in [-0.1, -0.05) is 36.4 Å². The first kappa shape index (κ1) is 25.5. The van der Waals surface area contributed by atoms with Gasteiger partial charge >= 0.3 is 12.1 Å². The number of nitrogens with one attached hydrogen (secondary N) is 2. The van der Waals surface area contributed by atoms with Crippen molar-refractivity contribution >= 4 is 17.5 Å². The van der Waals surface area contributed by atoms with E-state index in [0.29, 0.717) is 16.0 Å². The Morgan fingerprint density at radius 3 is 2.57 bits per heavy atom. The lowest BCUT2D eigenvalue weighted by Crippen LogP contribution is -2.41. The Hall–Kier alpha value is -4.58. The van der Waals surface area contributed by atoms with Gasteiger partial charge in [0.2, 0.25) is 0 Å². The predicted molar refractivity (Wildman–Crippen MR) is 127 cm³/mol. The minimum Gasteiger partial charge on any atom is -0.392 e. The fourth-order valence-corrected chi connectivity index (χ4v) is 3.54. The fourth-order valence-electron chi connectivity index (χ4n) is 3.54. The highest BCUT2D eigenvalue weighted by molar-refractivity contribution is 6.00. The minimum atomic E-state index is -5.18. The van der Waals surface area contributed by atoms with E-state index in [4.69, 9.17) is 0 Å². The van der Waals surface area contributed by atoms with E-state index in [9.17, 15) is 27.9 Å². The Kier molecular flexibility index (Phi) is 7.58. The molecule has 0 saturated carbocycles. The van der Waals surface area contributed by atoms with Crippen LogP contribution < -0.4 is 10.2 Å². The van der Waals surface area contributed by atoms with Gasteiger partial charge in [-0.3, -0.25) is 24.6 Å². The number of aromatic amines is 1. The third kappa shape index (κ3) is 6.16. The molecule has 9 nitrogen and oxygen atoms in total. The molecule has 0 atom stereocenters. The number of halogens is 3. The van der Waals surface area contributed by atoms with Crippen molar-refractivity contribution in [3.05, 3.63) is 95.6 Å². The summed E-state index contributed by atoms with van der Waals surface area (Å²) in [7, 11) is 0. The summed E-state index contributed by atoms with van der Waals surface area (Å²) in [5.74, 6) is -2.56. The number of aliphatic hydroxyl groups is 1. The summed E-state index contributed by atoms with van der Waals surface area (Å²) in [6.45, 7) is -0.717. The van der Waals surface area contributed by atoms with Crippen LogP contribution in [0, 0.1) is 0 Å². The zero-order valence-electron chi connectivity index (χ0n) is 19.2. The largest absolute Gasteiger partial charge is 0.471 e. The number of hydrogen-bond donors (Lipinski definition) is 3. The maximum atomic E-state index is 13.5. The van der Waals surface area contributed by atoms with Gasteiger partial charge in [0.15, 0.2) is 5.82 Å². The number of carbonyl (C=O) groups is 2. The molecule has 3 N–H and O–H groups in total. The highest BCUT2D eigenvalue weighted by Crippen LogP contribution is 2.27. The van der Waals surface area contributed by atoms with Crippen molar-refractivity contribution in [2.24, 2.45) is 0 Å². The smallest absolute Gasteiger partial charge is 0.392 e. The summed E-state index contributed by atoms with van der Waals surface area (Å²) in [4.78, 5) is 33.5. The second-order valence-electron chi connectivity index (χ2n) is 7.90. The standard InChI is InChI=1S/C25H21F3N6O3/c26-25(27,28)24(37)34(14-21-31-22(33-32-21)20-9-10-29-13-18(20)15-35)19-8-4-7-17(11-19)23(36)30-12-16-5-2-1-3-6-16/h1-11,13,35H,12,14-15H2,(H,30,36)(H,31,32,33). The summed E-state index contributed by atoms with van der Waals surface area (Å²) in [6, 6.07) is 16.0. The number of hydrogen-bond acceptors (Lipinski definition) is 6. The SMILES string of the molecule is O=C(NCc1ccccc1)c1cccc(N(Cc2nc(-c3ccncc3CO)n[nH]2)C(=O)C(F)(F)F)c1. The lowest BCUT2D eigenvalue weighted by Gasteiger charge is -2.23. The summed E-state index contributed by atoms with van der Waals surface area (Å²) < 4.78 is 40.4. The molecule has 4 aromatic rings. The average Bonchev–Trinajstić information content (AvgIpc) is 3.38. The normalized spacial score (nSPS) is 11.2. The number of nitrogens with zero attached hydrogens (tertiary/aromatic N) is 4. The number of pyridine rings is 1. The van der Waals surface area contributed by atoms with Crippen molar-refractivity contribution in [1.82, 2.24) is 25.5 Å². The van der Waals surface area contributed by atoms with E-state index in [1.54, 1.807) is 6.07 Å². The Balaban J connectivity index is 1.59. The zero-order valence-corrected chi connectivity index (χ0v) is 19.2. The van der Waals surface area contributed by atoms with Gasteiger partial charge in [0.25, 0.3) is 5.91 Å². The van der Waals surface area contributed by atoms with Crippen molar-refractivity contribution < 1.29 is 27.9 Å². The van der Waals surface area contributed by atoms with Crippen molar-refractivity contribution in [2.75, 3.05) is 4.90 Å². The predicted octanol–water partition coefficient (Wildman–Crippen LogP) is 3.38. The van der Waals surface area contributed by atoms with Crippen molar-refractivity contribution in [3.63, 3.8) is 0 Å². The molecule has 2 aromatic carbocycles. The van der Waals surface area contributed by atoms with Crippen molar-refractivity contribution in [3.8, 4) is 11.4 Å². The van der Waals surface area contributed by atoms with Crippen LogP contribution in [-0.4, -0.2) is 43.3 Å². The molecular weight excluding hydrogens is 489 g/mol. The van der Waals surface area contributed by atoms with Gasteiger partial charge in [0, 0.05) is 41.3 Å². The lowest BCUT2D eigenvalue weighted by atomic mass is 10.1. The fraction of sp³-hybridized carbons (Fsp3) is 0.160. The molecule has 2 aromatic heterocycles. The molecule has 12 heteroatoms. The molecule has 0 aliphatic heterocycles. The average molecular weight is 510 g/mol. The van der Waals surface area contributed by atoms with E-state index in [1.165, 1.54) is 36.7 Å². The molecule has 2 amide bonds. The Morgan fingerprint density at radius 1 is 1.05 bits per heavy atom. The molecule has 0 unspecified atom stereocenters. The molecule has 0 radical (unpaired) electrons. The topological polar surface area (TPSA) is 124 Å². The molecule has 190 valence electrons. The molecule has 2 heterocycles. The Labute approximate surface area is 209 Å². The van der Waals surface area contributed by atoms with Gasteiger partial charge in [-0.05, 0) is 29.8 Å². The first-order valence-electron chi connectivity index (χ1n) is 11.0. The van der Waals surface area contributed by atoms with Crippen LogP contribution in [0.5, 0.6) is 0 Å². The Morgan fingerprint density at radius 2 is 1.84 bits per heavy atom. The quantitative estimate of drug-likeness (QED) is 0.334. The number of aromatic nitrogens is 4. The van der Waals surface area contributed by atoms with E-state index >= 15 is 0 Å². The molecule has 0 aliphatic rings. The third-order valence-electron chi connectivity index (χ3n) is 5.36.